The first-order chi connectivity index (χ1) is 7.85. The number of para-hydroxylation sites is 1. The molecular weight excluding hydrogens is 253 g/mol. The van der Waals surface area contributed by atoms with Crippen molar-refractivity contribution in [2.45, 2.75) is 6.36 Å². The Morgan fingerprint density at radius 1 is 1.29 bits per heavy atom. The number of ether oxygens (including phenoxy) is 1. The summed E-state index contributed by atoms with van der Waals surface area (Å²) >= 11 is 1.51. The summed E-state index contributed by atoms with van der Waals surface area (Å²) in [6.07, 6.45) is -4.46. The lowest BCUT2D eigenvalue weighted by Crippen LogP contribution is -2.08. The van der Waals surface area contributed by atoms with Crippen molar-refractivity contribution in [2.75, 3.05) is 7.11 Å². The smallest absolute Gasteiger partial charge is 0.320 e. The standard InChI is InChI=1S/C8H8N2S.C2H3F3O/c1-10-6-4-2-3-5-7(6)11-8(10)9;1-6-2(3,4)5/h2-5,9H,1H3;1H3. The van der Waals surface area contributed by atoms with Gasteiger partial charge in [-0.25, -0.2) is 0 Å². The highest BCUT2D eigenvalue weighted by Gasteiger charge is 2.25. The van der Waals surface area contributed by atoms with Crippen molar-refractivity contribution in [1.82, 2.24) is 4.57 Å². The van der Waals surface area contributed by atoms with Crippen LogP contribution in [0.2, 0.25) is 0 Å². The van der Waals surface area contributed by atoms with E-state index in [0.29, 0.717) is 11.9 Å². The number of halogens is 3. The van der Waals surface area contributed by atoms with Gasteiger partial charge in [0.15, 0.2) is 4.80 Å². The number of nitrogens with zero attached hydrogens (tertiary/aromatic N) is 1. The van der Waals surface area contributed by atoms with Crippen molar-refractivity contribution in [3.05, 3.63) is 29.1 Å². The van der Waals surface area contributed by atoms with Crippen LogP contribution in [-0.4, -0.2) is 18.0 Å². The molecule has 3 nitrogen and oxygen atoms in total. The summed E-state index contributed by atoms with van der Waals surface area (Å²) in [5.74, 6) is 0. The van der Waals surface area contributed by atoms with Crippen molar-refractivity contribution in [1.29, 1.82) is 5.41 Å². The lowest BCUT2D eigenvalue weighted by molar-refractivity contribution is -0.311. The molecule has 0 saturated heterocycles. The molecule has 1 aromatic carbocycles. The Bertz CT molecular complexity index is 544. The zero-order valence-electron chi connectivity index (χ0n) is 9.21. The molecule has 0 saturated carbocycles. The minimum atomic E-state index is -4.46. The van der Waals surface area contributed by atoms with Crippen LogP contribution in [0.4, 0.5) is 13.2 Å². The number of fused-ring (bicyclic) bond motifs is 1. The number of hydrogen-bond acceptors (Lipinski definition) is 3. The van der Waals surface area contributed by atoms with Gasteiger partial charge < -0.3 is 4.57 Å². The second kappa shape index (κ2) is 5.33. The van der Waals surface area contributed by atoms with E-state index in [2.05, 4.69) is 4.74 Å². The molecule has 7 heteroatoms. The van der Waals surface area contributed by atoms with Crippen LogP contribution in [0.5, 0.6) is 0 Å². The average molecular weight is 264 g/mol. The Morgan fingerprint density at radius 3 is 2.29 bits per heavy atom. The molecule has 0 bridgehead atoms. The van der Waals surface area contributed by atoms with Gasteiger partial charge in [-0.1, -0.05) is 23.5 Å². The van der Waals surface area contributed by atoms with Gasteiger partial charge in [-0.2, -0.15) is 0 Å². The molecule has 0 radical (unpaired) electrons. The average Bonchev–Trinajstić information content (AvgIpc) is 2.56. The van der Waals surface area contributed by atoms with Crippen molar-refractivity contribution in [3.8, 4) is 0 Å². The zero-order valence-corrected chi connectivity index (χ0v) is 10.0. The normalized spacial score (nSPS) is 11.1. The second-order valence-electron chi connectivity index (χ2n) is 3.08. The molecule has 0 aliphatic heterocycles. The third-order valence-electron chi connectivity index (χ3n) is 1.97. The number of nitrogens with one attached hydrogen (secondary N) is 1. The van der Waals surface area contributed by atoms with Gasteiger partial charge >= 0.3 is 6.36 Å². The Morgan fingerprint density at radius 2 is 1.82 bits per heavy atom. The van der Waals surface area contributed by atoms with Crippen LogP contribution >= 0.6 is 11.3 Å². The van der Waals surface area contributed by atoms with Gasteiger partial charge in [0.25, 0.3) is 0 Å². The van der Waals surface area contributed by atoms with Gasteiger partial charge in [0.1, 0.15) is 0 Å². The summed E-state index contributed by atoms with van der Waals surface area (Å²) in [5.41, 5.74) is 1.14. The second-order valence-corrected chi connectivity index (χ2v) is 4.11. The highest BCUT2D eigenvalue weighted by Crippen LogP contribution is 2.14. The van der Waals surface area contributed by atoms with E-state index < -0.39 is 6.36 Å². The molecular formula is C10H11F3N2OS. The molecule has 0 aliphatic rings. The van der Waals surface area contributed by atoms with Gasteiger partial charge in [-0.15, -0.1) is 13.2 Å². The molecule has 0 atom stereocenters. The monoisotopic (exact) mass is 264 g/mol. The summed E-state index contributed by atoms with van der Waals surface area (Å²) in [6, 6.07) is 8.06. The fourth-order valence-electron chi connectivity index (χ4n) is 1.10. The summed E-state index contributed by atoms with van der Waals surface area (Å²) < 4.78 is 37.7. The van der Waals surface area contributed by atoms with E-state index in [0.717, 1.165) is 5.52 Å². The highest BCUT2D eigenvalue weighted by molar-refractivity contribution is 7.16. The van der Waals surface area contributed by atoms with Crippen molar-refractivity contribution in [3.63, 3.8) is 0 Å². The van der Waals surface area contributed by atoms with E-state index in [1.807, 2.05) is 35.9 Å². The van der Waals surface area contributed by atoms with Crippen LogP contribution in [0, 0.1) is 5.41 Å². The van der Waals surface area contributed by atoms with Gasteiger partial charge in [-0.05, 0) is 12.1 Å². The van der Waals surface area contributed by atoms with Crippen LogP contribution in [0.25, 0.3) is 10.2 Å². The van der Waals surface area contributed by atoms with Crippen molar-refractivity contribution in [2.24, 2.45) is 7.05 Å². The molecule has 2 rings (SSSR count). The first-order valence-electron chi connectivity index (χ1n) is 4.56. The molecule has 0 spiro atoms. The highest BCUT2D eigenvalue weighted by atomic mass is 32.1. The molecule has 0 fully saturated rings. The number of alkyl halides is 3. The fraction of sp³-hybridized carbons (Fsp3) is 0.300. The Labute approximate surface area is 99.6 Å². The van der Waals surface area contributed by atoms with Crippen molar-refractivity contribution < 1.29 is 17.9 Å². The van der Waals surface area contributed by atoms with Crippen LogP contribution in [0.3, 0.4) is 0 Å². The van der Waals surface area contributed by atoms with Crippen molar-refractivity contribution >= 4 is 21.6 Å². The molecule has 1 aromatic heterocycles. The fourth-order valence-corrected chi connectivity index (χ4v) is 2.00. The molecule has 17 heavy (non-hydrogen) atoms. The number of aryl methyl sites for hydroxylation is 1. The summed E-state index contributed by atoms with van der Waals surface area (Å²) in [5, 5.41) is 7.53. The number of thiazole rings is 1. The van der Waals surface area contributed by atoms with Crippen LogP contribution in [0.15, 0.2) is 24.3 Å². The Hall–Kier alpha value is -1.34. The SMILES string of the molecule is COC(F)(F)F.Cn1c(=N)sc2ccccc21. The third-order valence-corrected chi connectivity index (χ3v) is 3.00. The summed E-state index contributed by atoms with van der Waals surface area (Å²) in [7, 11) is 2.50. The van der Waals surface area contributed by atoms with Gasteiger partial charge in [0.2, 0.25) is 0 Å². The maximum absolute atomic E-state index is 10.6. The molecule has 0 amide bonds. The topological polar surface area (TPSA) is 38.0 Å². The lowest BCUT2D eigenvalue weighted by atomic mass is 10.3. The number of methoxy groups -OCH3 is 1. The largest absolute Gasteiger partial charge is 0.522 e. The molecule has 0 aliphatic carbocycles. The molecule has 2 aromatic rings. The predicted octanol–water partition coefficient (Wildman–Crippen LogP) is 2.87. The Kier molecular flexibility index (Phi) is 4.30. The maximum Gasteiger partial charge on any atom is 0.522 e. The Balaban J connectivity index is 0.000000209. The predicted molar refractivity (Wildman–Crippen MR) is 59.7 cm³/mol. The molecule has 1 N–H and O–H groups in total. The van der Waals surface area contributed by atoms with Crippen LogP contribution in [-0.2, 0) is 11.8 Å². The zero-order chi connectivity index (χ0) is 13.1. The van der Waals surface area contributed by atoms with E-state index in [4.69, 9.17) is 5.41 Å². The minimum Gasteiger partial charge on any atom is -0.320 e. The van der Waals surface area contributed by atoms with Gasteiger partial charge in [0.05, 0.1) is 10.2 Å². The van der Waals surface area contributed by atoms with E-state index in [-0.39, 0.29) is 0 Å². The number of benzene rings is 1. The first-order valence-corrected chi connectivity index (χ1v) is 5.38. The van der Waals surface area contributed by atoms with Gasteiger partial charge in [-0.3, -0.25) is 10.1 Å². The maximum atomic E-state index is 10.6. The van der Waals surface area contributed by atoms with Gasteiger partial charge in [0, 0.05) is 14.2 Å². The van der Waals surface area contributed by atoms with E-state index in [1.165, 1.54) is 16.0 Å². The van der Waals surface area contributed by atoms with Crippen LogP contribution in [0.1, 0.15) is 0 Å². The van der Waals surface area contributed by atoms with E-state index in [1.54, 1.807) is 0 Å². The number of rotatable bonds is 0. The quantitative estimate of drug-likeness (QED) is 0.780. The number of hydrogen-bond donors (Lipinski definition) is 1. The molecule has 94 valence electrons. The van der Waals surface area contributed by atoms with E-state index in [9.17, 15) is 13.2 Å². The number of aromatic nitrogens is 1. The van der Waals surface area contributed by atoms with E-state index >= 15 is 0 Å². The summed E-state index contributed by atoms with van der Waals surface area (Å²) in [4.78, 5) is 0.603. The minimum absolute atomic E-state index is 0.583. The third kappa shape index (κ3) is 3.86. The summed E-state index contributed by atoms with van der Waals surface area (Å²) in [6.45, 7) is 0. The molecule has 1 heterocycles. The molecule has 0 unspecified atom stereocenters. The first kappa shape index (κ1) is 13.7. The lowest BCUT2D eigenvalue weighted by Gasteiger charge is -1.97. The van der Waals surface area contributed by atoms with Crippen LogP contribution < -0.4 is 4.80 Å².